The molecule has 0 amide bonds. The highest BCUT2D eigenvalue weighted by atomic mass is 19.1. The van der Waals surface area contributed by atoms with Gasteiger partial charge in [0.1, 0.15) is 18.2 Å². The van der Waals surface area contributed by atoms with Crippen LogP contribution < -0.4 is 10.1 Å². The zero-order valence-electron chi connectivity index (χ0n) is 11.7. The molecule has 2 rings (SSSR count). The van der Waals surface area contributed by atoms with Crippen LogP contribution in [-0.4, -0.2) is 17.6 Å². The van der Waals surface area contributed by atoms with E-state index in [1.165, 1.54) is 17.7 Å². The van der Waals surface area contributed by atoms with Crippen molar-refractivity contribution in [2.75, 3.05) is 6.61 Å². The highest BCUT2D eigenvalue weighted by Crippen LogP contribution is 2.13. The second kappa shape index (κ2) is 7.01. The van der Waals surface area contributed by atoms with Gasteiger partial charge in [-0.25, -0.2) is 4.39 Å². The first kappa shape index (κ1) is 14.5. The van der Waals surface area contributed by atoms with Crippen LogP contribution in [0.3, 0.4) is 0 Å². The van der Waals surface area contributed by atoms with Gasteiger partial charge in [-0.2, -0.15) is 0 Å². The Bertz CT molecular complexity index is 516. The van der Waals surface area contributed by atoms with Crippen LogP contribution >= 0.6 is 0 Å². The van der Waals surface area contributed by atoms with Gasteiger partial charge in [-0.15, -0.1) is 0 Å². The fourth-order valence-corrected chi connectivity index (χ4v) is 1.98. The lowest BCUT2D eigenvalue weighted by molar-refractivity contribution is 0.263. The molecule has 0 aliphatic rings. The molecule has 1 aromatic heterocycles. The number of aromatic nitrogens is 1. The molecule has 0 spiro atoms. The van der Waals surface area contributed by atoms with Crippen LogP contribution in [0.2, 0.25) is 0 Å². The quantitative estimate of drug-likeness (QED) is 0.877. The molecule has 0 saturated carbocycles. The summed E-state index contributed by atoms with van der Waals surface area (Å²) < 4.78 is 18.4. The summed E-state index contributed by atoms with van der Waals surface area (Å²) in [4.78, 5) is 4.01. The molecule has 0 radical (unpaired) electrons. The zero-order valence-corrected chi connectivity index (χ0v) is 11.7. The minimum absolute atomic E-state index is 0.184. The van der Waals surface area contributed by atoms with Gasteiger partial charge in [-0.1, -0.05) is 0 Å². The summed E-state index contributed by atoms with van der Waals surface area (Å²) in [5.74, 6) is 0.423. The zero-order chi connectivity index (χ0) is 14.4. The Kier molecular flexibility index (Phi) is 5.07. The summed E-state index contributed by atoms with van der Waals surface area (Å²) in [7, 11) is 0. The van der Waals surface area contributed by atoms with E-state index in [-0.39, 0.29) is 17.9 Å². The predicted molar refractivity (Wildman–Crippen MR) is 77.1 cm³/mol. The number of pyridine rings is 1. The van der Waals surface area contributed by atoms with Gasteiger partial charge in [-0.3, -0.25) is 4.98 Å². The summed E-state index contributed by atoms with van der Waals surface area (Å²) in [6.07, 6.45) is 3.57. The fraction of sp³-hybridized carbons (Fsp3) is 0.312. The van der Waals surface area contributed by atoms with E-state index in [4.69, 9.17) is 4.74 Å². The minimum Gasteiger partial charge on any atom is -0.492 e. The van der Waals surface area contributed by atoms with Crippen LogP contribution in [0.4, 0.5) is 4.39 Å². The van der Waals surface area contributed by atoms with Crippen LogP contribution in [-0.2, 0) is 0 Å². The van der Waals surface area contributed by atoms with Gasteiger partial charge >= 0.3 is 0 Å². The van der Waals surface area contributed by atoms with E-state index in [0.29, 0.717) is 12.4 Å². The smallest absolute Gasteiger partial charge is 0.123 e. The summed E-state index contributed by atoms with van der Waals surface area (Å²) in [6, 6.07) is 10.5. The molecule has 0 aliphatic heterocycles. The highest BCUT2D eigenvalue weighted by Gasteiger charge is 2.09. The van der Waals surface area contributed by atoms with E-state index in [1.54, 1.807) is 24.5 Å². The van der Waals surface area contributed by atoms with Crippen LogP contribution in [0.15, 0.2) is 48.8 Å². The van der Waals surface area contributed by atoms with E-state index in [2.05, 4.69) is 24.1 Å². The molecular weight excluding hydrogens is 255 g/mol. The molecule has 0 fully saturated rings. The van der Waals surface area contributed by atoms with Gasteiger partial charge in [0, 0.05) is 24.5 Å². The molecule has 1 aromatic carbocycles. The third kappa shape index (κ3) is 4.31. The van der Waals surface area contributed by atoms with Crippen LogP contribution in [0, 0.1) is 5.82 Å². The first-order valence-electron chi connectivity index (χ1n) is 6.69. The number of nitrogens with one attached hydrogen (secondary N) is 1. The van der Waals surface area contributed by atoms with Crippen molar-refractivity contribution in [3.8, 4) is 5.75 Å². The third-order valence-corrected chi connectivity index (χ3v) is 3.05. The van der Waals surface area contributed by atoms with Gasteiger partial charge < -0.3 is 10.1 Å². The van der Waals surface area contributed by atoms with Crippen molar-refractivity contribution in [1.82, 2.24) is 10.3 Å². The number of hydrogen-bond donors (Lipinski definition) is 1. The molecule has 0 saturated heterocycles. The molecule has 0 bridgehead atoms. The maximum absolute atomic E-state index is 12.8. The monoisotopic (exact) mass is 274 g/mol. The predicted octanol–water partition coefficient (Wildman–Crippen LogP) is 3.34. The van der Waals surface area contributed by atoms with Crippen molar-refractivity contribution >= 4 is 0 Å². The molecule has 1 N–H and O–H groups in total. The summed E-state index contributed by atoms with van der Waals surface area (Å²) in [5, 5.41) is 3.45. The van der Waals surface area contributed by atoms with Gasteiger partial charge in [0.2, 0.25) is 0 Å². The van der Waals surface area contributed by atoms with E-state index in [9.17, 15) is 4.39 Å². The van der Waals surface area contributed by atoms with E-state index in [0.717, 1.165) is 0 Å². The van der Waals surface area contributed by atoms with Crippen molar-refractivity contribution in [2.24, 2.45) is 0 Å². The Morgan fingerprint density at radius 2 is 1.75 bits per heavy atom. The lowest BCUT2D eigenvalue weighted by Crippen LogP contribution is -2.33. The van der Waals surface area contributed by atoms with Gasteiger partial charge in [-0.05, 0) is 55.8 Å². The molecule has 2 aromatic rings. The van der Waals surface area contributed by atoms with Gasteiger partial charge in [0.25, 0.3) is 0 Å². The van der Waals surface area contributed by atoms with Crippen molar-refractivity contribution < 1.29 is 9.13 Å². The molecule has 4 heteroatoms. The molecule has 1 heterocycles. The lowest BCUT2D eigenvalue weighted by atomic mass is 10.1. The molecule has 106 valence electrons. The fourth-order valence-electron chi connectivity index (χ4n) is 1.98. The maximum atomic E-state index is 12.8. The number of halogens is 1. The summed E-state index contributed by atoms with van der Waals surface area (Å²) in [5.41, 5.74) is 1.19. The number of rotatable bonds is 6. The Balaban J connectivity index is 1.80. The molecule has 0 aliphatic carbocycles. The van der Waals surface area contributed by atoms with Gasteiger partial charge in [0.05, 0.1) is 0 Å². The molecule has 2 atom stereocenters. The summed E-state index contributed by atoms with van der Waals surface area (Å²) >= 11 is 0. The van der Waals surface area contributed by atoms with Gasteiger partial charge in [0.15, 0.2) is 0 Å². The van der Waals surface area contributed by atoms with E-state index >= 15 is 0 Å². The number of nitrogens with zero attached hydrogens (tertiary/aromatic N) is 1. The molecule has 2 unspecified atom stereocenters. The average Bonchev–Trinajstić information content (AvgIpc) is 2.47. The second-order valence-electron chi connectivity index (χ2n) is 4.83. The Hall–Kier alpha value is -1.94. The molecular formula is C16H19FN2O. The Labute approximate surface area is 118 Å². The number of benzene rings is 1. The largest absolute Gasteiger partial charge is 0.492 e. The standard InChI is InChI=1S/C16H19FN2O/c1-12(11-20-16-5-3-15(17)4-6-16)19-13(2)14-7-9-18-10-8-14/h3-10,12-13,19H,11H2,1-2H3. The van der Waals surface area contributed by atoms with Crippen LogP contribution in [0.1, 0.15) is 25.5 Å². The van der Waals surface area contributed by atoms with Crippen molar-refractivity contribution in [2.45, 2.75) is 25.9 Å². The maximum Gasteiger partial charge on any atom is 0.123 e. The van der Waals surface area contributed by atoms with Crippen LogP contribution in [0.5, 0.6) is 5.75 Å². The third-order valence-electron chi connectivity index (χ3n) is 3.05. The van der Waals surface area contributed by atoms with E-state index < -0.39 is 0 Å². The van der Waals surface area contributed by atoms with Crippen molar-refractivity contribution in [3.05, 3.63) is 60.2 Å². The van der Waals surface area contributed by atoms with Crippen LogP contribution in [0.25, 0.3) is 0 Å². The second-order valence-corrected chi connectivity index (χ2v) is 4.83. The average molecular weight is 274 g/mol. The SMILES string of the molecule is CC(COc1ccc(F)cc1)NC(C)c1ccncc1. The normalized spacial score (nSPS) is 13.8. The Morgan fingerprint density at radius 1 is 1.10 bits per heavy atom. The first-order valence-corrected chi connectivity index (χ1v) is 6.69. The number of ether oxygens (including phenoxy) is 1. The van der Waals surface area contributed by atoms with Crippen molar-refractivity contribution in [1.29, 1.82) is 0 Å². The van der Waals surface area contributed by atoms with Crippen molar-refractivity contribution in [3.63, 3.8) is 0 Å². The highest BCUT2D eigenvalue weighted by molar-refractivity contribution is 5.22. The lowest BCUT2D eigenvalue weighted by Gasteiger charge is -2.20. The summed E-state index contributed by atoms with van der Waals surface area (Å²) in [6.45, 7) is 4.69. The number of hydrogen-bond acceptors (Lipinski definition) is 3. The minimum atomic E-state index is -0.255. The first-order chi connectivity index (χ1) is 9.65. The Morgan fingerprint density at radius 3 is 2.40 bits per heavy atom. The molecule has 20 heavy (non-hydrogen) atoms. The molecule has 3 nitrogen and oxygen atoms in total. The van der Waals surface area contributed by atoms with E-state index in [1.807, 2.05) is 12.1 Å². The topological polar surface area (TPSA) is 34.1 Å².